The third-order valence-corrected chi connectivity index (χ3v) is 4.33. The molecule has 3 unspecified atom stereocenters. The summed E-state index contributed by atoms with van der Waals surface area (Å²) >= 11 is 1.41. The molecule has 0 aliphatic rings. The van der Waals surface area contributed by atoms with Crippen LogP contribution in [0.15, 0.2) is 0 Å². The zero-order chi connectivity index (χ0) is 13.4. The summed E-state index contributed by atoms with van der Waals surface area (Å²) in [5.74, 6) is 2.06. The van der Waals surface area contributed by atoms with Gasteiger partial charge in [0.15, 0.2) is 0 Å². The lowest BCUT2D eigenvalue weighted by Crippen LogP contribution is -2.34. The minimum absolute atomic E-state index is 0.166. The van der Waals surface area contributed by atoms with E-state index in [9.17, 15) is 4.79 Å². The van der Waals surface area contributed by atoms with E-state index in [0.717, 1.165) is 19.3 Å². The fraction of sp³-hybridized carbons (Fsp3) is 0.929. The van der Waals surface area contributed by atoms with E-state index in [1.54, 1.807) is 0 Å². The Kier molecular flexibility index (Phi) is 8.75. The maximum absolute atomic E-state index is 12.1. The first-order valence-electron chi connectivity index (χ1n) is 6.78. The first-order chi connectivity index (χ1) is 7.95. The molecule has 0 radical (unpaired) electrons. The van der Waals surface area contributed by atoms with E-state index >= 15 is 0 Å². The highest BCUT2D eigenvalue weighted by Gasteiger charge is 2.29. The van der Waals surface area contributed by atoms with E-state index in [-0.39, 0.29) is 11.8 Å². The average Bonchev–Trinajstić information content (AvgIpc) is 2.28. The second-order valence-corrected chi connectivity index (χ2v) is 5.99. The predicted molar refractivity (Wildman–Crippen MR) is 77.8 cm³/mol. The summed E-state index contributed by atoms with van der Waals surface area (Å²) in [5, 5.41) is 0. The van der Waals surface area contributed by atoms with Crippen molar-refractivity contribution in [3.05, 3.63) is 0 Å². The van der Waals surface area contributed by atoms with Crippen LogP contribution in [0.2, 0.25) is 0 Å². The van der Waals surface area contributed by atoms with Crippen LogP contribution in [0.4, 0.5) is 0 Å². The van der Waals surface area contributed by atoms with E-state index < -0.39 is 0 Å². The number of carbonyl (C=O) groups excluding carboxylic acids is 1. The summed E-state index contributed by atoms with van der Waals surface area (Å²) < 4.78 is 2.91. The van der Waals surface area contributed by atoms with Gasteiger partial charge in [0.25, 0.3) is 0 Å². The van der Waals surface area contributed by atoms with Gasteiger partial charge in [-0.15, -0.1) is 0 Å². The number of hydrogen-bond donors (Lipinski definition) is 1. The zero-order valence-electron chi connectivity index (χ0n) is 12.2. The summed E-state index contributed by atoms with van der Waals surface area (Å²) in [5.41, 5.74) is 0. The van der Waals surface area contributed by atoms with E-state index in [4.69, 9.17) is 0 Å². The van der Waals surface area contributed by atoms with E-state index in [2.05, 4.69) is 39.3 Å². The molecule has 1 N–H and O–H groups in total. The smallest absolute Gasteiger partial charge is 0.233 e. The largest absolute Gasteiger partial charge is 0.300 e. The molecule has 0 bridgehead atoms. The Morgan fingerprint density at radius 1 is 1.18 bits per heavy atom. The van der Waals surface area contributed by atoms with E-state index in [0.29, 0.717) is 17.8 Å². The van der Waals surface area contributed by atoms with Crippen molar-refractivity contribution in [1.82, 2.24) is 4.72 Å². The molecule has 0 aromatic carbocycles. The molecule has 3 atom stereocenters. The van der Waals surface area contributed by atoms with Crippen LogP contribution in [-0.4, -0.2) is 12.2 Å². The monoisotopic (exact) mass is 259 g/mol. The van der Waals surface area contributed by atoms with Crippen molar-refractivity contribution in [1.29, 1.82) is 0 Å². The SMILES string of the molecule is CCCCC(C(=O)NSC)C(C)C(C)C(C)C. The Morgan fingerprint density at radius 2 is 1.76 bits per heavy atom. The number of rotatable bonds is 8. The molecular weight excluding hydrogens is 230 g/mol. The van der Waals surface area contributed by atoms with Crippen LogP contribution in [0.3, 0.4) is 0 Å². The van der Waals surface area contributed by atoms with Gasteiger partial charge < -0.3 is 4.72 Å². The quantitative estimate of drug-likeness (QED) is 0.664. The van der Waals surface area contributed by atoms with Crippen LogP contribution < -0.4 is 4.72 Å². The summed E-state index contributed by atoms with van der Waals surface area (Å²) in [6, 6.07) is 0. The molecule has 17 heavy (non-hydrogen) atoms. The van der Waals surface area contributed by atoms with Gasteiger partial charge in [0.1, 0.15) is 0 Å². The van der Waals surface area contributed by atoms with Crippen LogP contribution in [0, 0.1) is 23.7 Å². The van der Waals surface area contributed by atoms with Gasteiger partial charge in [-0.1, -0.05) is 59.4 Å². The van der Waals surface area contributed by atoms with Gasteiger partial charge in [-0.2, -0.15) is 0 Å². The first kappa shape index (κ1) is 16.8. The number of carbonyl (C=O) groups is 1. The standard InChI is InChI=1S/C14H29NOS/c1-7-8-9-13(14(16)15-17-6)12(5)11(4)10(2)3/h10-13H,7-9H2,1-6H3,(H,15,16). The molecule has 3 heteroatoms. The second-order valence-electron chi connectivity index (χ2n) is 5.38. The second kappa shape index (κ2) is 8.84. The van der Waals surface area contributed by atoms with Crippen LogP contribution in [0.5, 0.6) is 0 Å². The first-order valence-corrected chi connectivity index (χ1v) is 8.00. The van der Waals surface area contributed by atoms with Crippen LogP contribution >= 0.6 is 11.9 Å². The molecule has 0 aliphatic heterocycles. The van der Waals surface area contributed by atoms with Crippen LogP contribution in [-0.2, 0) is 4.79 Å². The van der Waals surface area contributed by atoms with Crippen LogP contribution in [0.25, 0.3) is 0 Å². The van der Waals surface area contributed by atoms with Gasteiger partial charge in [-0.05, 0) is 24.2 Å². The predicted octanol–water partition coefficient (Wildman–Crippen LogP) is 4.12. The fourth-order valence-corrected chi connectivity index (χ4v) is 2.56. The number of amides is 1. The van der Waals surface area contributed by atoms with Crippen molar-refractivity contribution in [3.8, 4) is 0 Å². The lowest BCUT2D eigenvalue weighted by atomic mass is 9.76. The van der Waals surface area contributed by atoms with Crippen molar-refractivity contribution in [2.45, 2.75) is 53.9 Å². The van der Waals surface area contributed by atoms with Gasteiger partial charge in [0, 0.05) is 12.2 Å². The Labute approximate surface area is 111 Å². The van der Waals surface area contributed by atoms with Crippen molar-refractivity contribution in [2.24, 2.45) is 23.7 Å². The van der Waals surface area contributed by atoms with E-state index in [1.165, 1.54) is 11.9 Å². The van der Waals surface area contributed by atoms with Gasteiger partial charge >= 0.3 is 0 Å². The molecule has 0 aromatic heterocycles. The molecule has 0 aliphatic carbocycles. The lowest BCUT2D eigenvalue weighted by Gasteiger charge is -2.30. The third kappa shape index (κ3) is 5.80. The molecule has 0 spiro atoms. The summed E-state index contributed by atoms with van der Waals surface area (Å²) in [6.07, 6.45) is 5.22. The molecule has 102 valence electrons. The zero-order valence-corrected chi connectivity index (χ0v) is 13.1. The summed E-state index contributed by atoms with van der Waals surface area (Å²) in [4.78, 5) is 12.1. The van der Waals surface area contributed by atoms with Gasteiger partial charge in [-0.3, -0.25) is 4.79 Å². The van der Waals surface area contributed by atoms with Crippen LogP contribution in [0.1, 0.15) is 53.9 Å². The maximum atomic E-state index is 12.1. The molecule has 0 saturated heterocycles. The van der Waals surface area contributed by atoms with Gasteiger partial charge in [-0.25, -0.2) is 0 Å². The molecule has 0 rings (SSSR count). The Morgan fingerprint density at radius 3 is 2.18 bits per heavy atom. The summed E-state index contributed by atoms with van der Waals surface area (Å²) in [7, 11) is 0. The highest BCUT2D eigenvalue weighted by Crippen LogP contribution is 2.30. The minimum atomic E-state index is 0.166. The van der Waals surface area contributed by atoms with Crippen molar-refractivity contribution in [2.75, 3.05) is 6.26 Å². The normalized spacial score (nSPS) is 16.6. The highest BCUT2D eigenvalue weighted by atomic mass is 32.2. The molecule has 0 aromatic rings. The highest BCUT2D eigenvalue weighted by molar-refractivity contribution is 7.97. The topological polar surface area (TPSA) is 29.1 Å². The van der Waals surface area contributed by atoms with Crippen molar-refractivity contribution in [3.63, 3.8) is 0 Å². The van der Waals surface area contributed by atoms with E-state index in [1.807, 2.05) is 6.26 Å². The molecule has 2 nitrogen and oxygen atoms in total. The van der Waals surface area contributed by atoms with Crippen molar-refractivity contribution >= 4 is 17.9 Å². The molecule has 0 heterocycles. The average molecular weight is 259 g/mol. The minimum Gasteiger partial charge on any atom is -0.300 e. The summed E-state index contributed by atoms with van der Waals surface area (Å²) in [6.45, 7) is 11.2. The number of hydrogen-bond acceptors (Lipinski definition) is 2. The number of unbranched alkanes of at least 4 members (excludes halogenated alkanes) is 1. The Hall–Kier alpha value is -0.180. The van der Waals surface area contributed by atoms with Gasteiger partial charge in [0.05, 0.1) is 0 Å². The number of nitrogens with one attached hydrogen (secondary N) is 1. The lowest BCUT2D eigenvalue weighted by molar-refractivity contribution is -0.125. The third-order valence-electron chi connectivity index (χ3n) is 3.92. The Balaban J connectivity index is 4.59. The van der Waals surface area contributed by atoms with Gasteiger partial charge in [0.2, 0.25) is 5.91 Å². The molecular formula is C14H29NOS. The Bertz CT molecular complexity index is 218. The fourth-order valence-electron chi connectivity index (χ4n) is 2.21. The van der Waals surface area contributed by atoms with Crippen molar-refractivity contribution < 1.29 is 4.79 Å². The molecule has 0 fully saturated rings. The molecule has 0 saturated carbocycles. The maximum Gasteiger partial charge on any atom is 0.233 e. The molecule has 1 amide bonds.